The van der Waals surface area contributed by atoms with Gasteiger partial charge in [-0.1, -0.05) is 44.2 Å². The average molecular weight is 261 g/mol. The highest BCUT2D eigenvalue weighted by molar-refractivity contribution is 5.87. The number of aliphatic carboxylic acids is 1. The van der Waals surface area contributed by atoms with E-state index >= 15 is 0 Å². The molecule has 2 N–H and O–H groups in total. The molecule has 1 aliphatic carbocycles. The Morgan fingerprint density at radius 1 is 1.11 bits per heavy atom. The van der Waals surface area contributed by atoms with Gasteiger partial charge in [-0.2, -0.15) is 0 Å². The van der Waals surface area contributed by atoms with E-state index in [-0.39, 0.29) is 17.7 Å². The third-order valence-corrected chi connectivity index (χ3v) is 4.25. The van der Waals surface area contributed by atoms with E-state index in [0.717, 1.165) is 5.56 Å². The van der Waals surface area contributed by atoms with Gasteiger partial charge in [0.2, 0.25) is 5.91 Å². The van der Waals surface area contributed by atoms with Crippen LogP contribution in [0.2, 0.25) is 0 Å². The quantitative estimate of drug-likeness (QED) is 0.870. The largest absolute Gasteiger partial charge is 0.481 e. The van der Waals surface area contributed by atoms with Gasteiger partial charge in [-0.25, -0.2) is 0 Å². The summed E-state index contributed by atoms with van der Waals surface area (Å²) < 4.78 is 0. The minimum atomic E-state index is -0.870. The highest BCUT2D eigenvalue weighted by Gasteiger charge is 2.52. The van der Waals surface area contributed by atoms with Gasteiger partial charge in [-0.05, 0) is 17.4 Å². The van der Waals surface area contributed by atoms with E-state index in [0.29, 0.717) is 6.54 Å². The van der Waals surface area contributed by atoms with Crippen LogP contribution >= 0.6 is 0 Å². The Bertz CT molecular complexity index is 472. The Morgan fingerprint density at radius 2 is 1.68 bits per heavy atom. The number of carbonyl (C=O) groups excluding carboxylic acids is 1. The summed E-state index contributed by atoms with van der Waals surface area (Å²) in [5.41, 5.74) is 1.02. The molecule has 102 valence electrons. The molecule has 1 amide bonds. The zero-order valence-corrected chi connectivity index (χ0v) is 11.2. The number of benzene rings is 1. The second-order valence-corrected chi connectivity index (χ2v) is 5.31. The van der Waals surface area contributed by atoms with Gasteiger partial charge >= 0.3 is 5.97 Å². The maximum Gasteiger partial charge on any atom is 0.307 e. The summed E-state index contributed by atoms with van der Waals surface area (Å²) in [5, 5.41) is 12.0. The van der Waals surface area contributed by atoms with Gasteiger partial charge in [-0.15, -0.1) is 0 Å². The van der Waals surface area contributed by atoms with E-state index in [9.17, 15) is 9.59 Å². The van der Waals surface area contributed by atoms with Crippen molar-refractivity contribution in [2.24, 2.45) is 23.7 Å². The minimum Gasteiger partial charge on any atom is -0.481 e. The number of carboxylic acids is 1. The first-order valence-electron chi connectivity index (χ1n) is 6.57. The molecule has 4 heteroatoms. The molecule has 1 aliphatic rings. The van der Waals surface area contributed by atoms with Crippen molar-refractivity contribution in [3.8, 4) is 0 Å². The van der Waals surface area contributed by atoms with Crippen LogP contribution in [0.4, 0.5) is 0 Å². The summed E-state index contributed by atoms with van der Waals surface area (Å²) in [7, 11) is 0. The molecular weight excluding hydrogens is 242 g/mol. The molecule has 0 spiro atoms. The topological polar surface area (TPSA) is 66.4 Å². The second-order valence-electron chi connectivity index (χ2n) is 5.31. The molecule has 0 bridgehead atoms. The molecule has 0 heterocycles. The lowest BCUT2D eigenvalue weighted by atomic mass is 9.57. The maximum absolute atomic E-state index is 12.1. The minimum absolute atomic E-state index is 0.0602. The highest BCUT2D eigenvalue weighted by atomic mass is 16.4. The predicted octanol–water partition coefficient (Wildman–Crippen LogP) is 1.91. The summed E-state index contributed by atoms with van der Waals surface area (Å²) >= 11 is 0. The molecule has 1 saturated carbocycles. The Kier molecular flexibility index (Phi) is 3.88. The van der Waals surface area contributed by atoms with E-state index < -0.39 is 17.8 Å². The fraction of sp³-hybridized carbons (Fsp3) is 0.467. The van der Waals surface area contributed by atoms with Crippen LogP contribution in [-0.2, 0) is 16.1 Å². The van der Waals surface area contributed by atoms with Crippen molar-refractivity contribution < 1.29 is 14.7 Å². The summed E-state index contributed by atoms with van der Waals surface area (Å²) in [6.07, 6.45) is 0. The van der Waals surface area contributed by atoms with Crippen LogP contribution in [0, 0.1) is 23.7 Å². The Balaban J connectivity index is 1.95. The van der Waals surface area contributed by atoms with Crippen LogP contribution < -0.4 is 5.32 Å². The van der Waals surface area contributed by atoms with Crippen molar-refractivity contribution in [2.75, 3.05) is 0 Å². The van der Waals surface area contributed by atoms with E-state index in [2.05, 4.69) is 5.32 Å². The standard InChI is InChI=1S/C15H19NO3/c1-9-10(2)13(15(18)19)12(9)14(17)16-8-11-6-4-3-5-7-11/h3-7,9-10,12-13H,8H2,1-2H3,(H,16,17)(H,18,19)/t9?,10?,12-,13+/m0/s1. The van der Waals surface area contributed by atoms with Gasteiger partial charge in [0.25, 0.3) is 0 Å². The normalized spacial score (nSPS) is 29.4. The number of hydrogen-bond donors (Lipinski definition) is 2. The van der Waals surface area contributed by atoms with E-state index in [1.165, 1.54) is 0 Å². The van der Waals surface area contributed by atoms with Crippen LogP contribution in [0.5, 0.6) is 0 Å². The second kappa shape index (κ2) is 5.43. The average Bonchev–Trinajstić information content (AvgIpc) is 2.41. The number of hydrogen-bond acceptors (Lipinski definition) is 2. The van der Waals surface area contributed by atoms with Crippen molar-refractivity contribution in [1.29, 1.82) is 0 Å². The summed E-state index contributed by atoms with van der Waals surface area (Å²) in [6, 6.07) is 9.61. The van der Waals surface area contributed by atoms with Gasteiger partial charge in [0.15, 0.2) is 0 Å². The number of amides is 1. The zero-order valence-electron chi connectivity index (χ0n) is 11.2. The molecule has 4 nitrogen and oxygen atoms in total. The first-order valence-corrected chi connectivity index (χ1v) is 6.57. The van der Waals surface area contributed by atoms with Crippen LogP contribution in [0.3, 0.4) is 0 Å². The SMILES string of the molecule is CC1C(C)[C@H](C(=O)NCc2ccccc2)[C@@H]1C(=O)O. The molecule has 2 unspecified atom stereocenters. The smallest absolute Gasteiger partial charge is 0.307 e. The van der Waals surface area contributed by atoms with Crippen LogP contribution in [0.25, 0.3) is 0 Å². The number of nitrogens with one attached hydrogen (secondary N) is 1. The maximum atomic E-state index is 12.1. The Labute approximate surface area is 112 Å². The molecule has 4 atom stereocenters. The van der Waals surface area contributed by atoms with E-state index in [1.807, 2.05) is 44.2 Å². The fourth-order valence-electron chi connectivity index (χ4n) is 2.85. The third-order valence-electron chi connectivity index (χ3n) is 4.25. The van der Waals surface area contributed by atoms with E-state index in [1.54, 1.807) is 0 Å². The first-order chi connectivity index (χ1) is 9.02. The Hall–Kier alpha value is -1.84. The fourth-order valence-corrected chi connectivity index (χ4v) is 2.85. The molecule has 0 aliphatic heterocycles. The number of carboxylic acid groups (broad SMARTS) is 1. The molecular formula is C15H19NO3. The lowest BCUT2D eigenvalue weighted by Crippen LogP contribution is -2.54. The van der Waals surface area contributed by atoms with Crippen LogP contribution in [0.1, 0.15) is 19.4 Å². The van der Waals surface area contributed by atoms with Crippen LogP contribution in [-0.4, -0.2) is 17.0 Å². The van der Waals surface area contributed by atoms with Gasteiger partial charge in [-0.3, -0.25) is 9.59 Å². The molecule has 1 aromatic carbocycles. The molecule has 1 aromatic rings. The van der Waals surface area contributed by atoms with Gasteiger partial charge in [0.1, 0.15) is 0 Å². The summed E-state index contributed by atoms with van der Waals surface area (Å²) in [6.45, 7) is 4.28. The lowest BCUT2D eigenvalue weighted by molar-refractivity contribution is -0.164. The molecule has 2 rings (SSSR count). The van der Waals surface area contributed by atoms with Crippen molar-refractivity contribution in [3.05, 3.63) is 35.9 Å². The van der Waals surface area contributed by atoms with Gasteiger partial charge in [0.05, 0.1) is 11.8 Å². The molecule has 19 heavy (non-hydrogen) atoms. The highest BCUT2D eigenvalue weighted by Crippen LogP contribution is 2.45. The third kappa shape index (κ3) is 2.62. The van der Waals surface area contributed by atoms with Gasteiger partial charge < -0.3 is 10.4 Å². The lowest BCUT2D eigenvalue weighted by Gasteiger charge is -2.45. The molecule has 0 aromatic heterocycles. The van der Waals surface area contributed by atoms with E-state index in [4.69, 9.17) is 5.11 Å². The monoisotopic (exact) mass is 261 g/mol. The number of rotatable bonds is 4. The molecule has 1 fully saturated rings. The predicted molar refractivity (Wildman–Crippen MR) is 71.2 cm³/mol. The zero-order chi connectivity index (χ0) is 14.0. The molecule has 0 radical (unpaired) electrons. The van der Waals surface area contributed by atoms with Crippen molar-refractivity contribution in [3.63, 3.8) is 0 Å². The first kappa shape index (κ1) is 13.6. The van der Waals surface area contributed by atoms with Crippen molar-refractivity contribution in [2.45, 2.75) is 20.4 Å². The Morgan fingerprint density at radius 3 is 2.26 bits per heavy atom. The number of carbonyl (C=O) groups is 2. The summed E-state index contributed by atoms with van der Waals surface area (Å²) in [5.74, 6) is -1.80. The van der Waals surface area contributed by atoms with Crippen LogP contribution in [0.15, 0.2) is 30.3 Å². The van der Waals surface area contributed by atoms with Crippen molar-refractivity contribution in [1.82, 2.24) is 5.32 Å². The van der Waals surface area contributed by atoms with Gasteiger partial charge in [0, 0.05) is 6.54 Å². The van der Waals surface area contributed by atoms with Crippen molar-refractivity contribution >= 4 is 11.9 Å². The molecule has 0 saturated heterocycles. The summed E-state index contributed by atoms with van der Waals surface area (Å²) in [4.78, 5) is 23.2.